The molecule has 1 fully saturated rings. The van der Waals surface area contributed by atoms with Gasteiger partial charge in [-0.25, -0.2) is 9.78 Å². The summed E-state index contributed by atoms with van der Waals surface area (Å²) in [4.78, 5) is 23.5. The molecule has 2 amide bonds. The largest absolute Gasteiger partial charge is 0.356 e. The molecular formula is C21H30N6O. The molecule has 0 radical (unpaired) electrons. The number of carbonyl (C=O) groups excluding carboxylic acids is 1. The van der Waals surface area contributed by atoms with Crippen molar-refractivity contribution >= 4 is 23.5 Å². The van der Waals surface area contributed by atoms with Crippen molar-refractivity contribution in [2.45, 2.75) is 40.0 Å². The van der Waals surface area contributed by atoms with Crippen molar-refractivity contribution in [2.75, 3.05) is 41.7 Å². The molecule has 0 bridgehead atoms. The summed E-state index contributed by atoms with van der Waals surface area (Å²) in [6.07, 6.45) is 3.72. The Morgan fingerprint density at radius 3 is 2.57 bits per heavy atom. The first-order valence-corrected chi connectivity index (χ1v) is 9.98. The molecule has 3 N–H and O–H groups in total. The zero-order valence-electron chi connectivity index (χ0n) is 17.0. The molecule has 2 heterocycles. The molecule has 7 nitrogen and oxygen atoms in total. The average molecular weight is 383 g/mol. The third kappa shape index (κ3) is 5.58. The van der Waals surface area contributed by atoms with Gasteiger partial charge in [0.25, 0.3) is 0 Å². The average Bonchev–Trinajstić information content (AvgIpc) is 2.68. The number of benzene rings is 1. The molecule has 3 rings (SSSR count). The van der Waals surface area contributed by atoms with Gasteiger partial charge < -0.3 is 20.9 Å². The second-order valence-corrected chi connectivity index (χ2v) is 7.36. The third-order valence-corrected chi connectivity index (χ3v) is 4.84. The van der Waals surface area contributed by atoms with Crippen LogP contribution in [0.2, 0.25) is 0 Å². The highest BCUT2D eigenvalue weighted by atomic mass is 16.2. The maximum absolute atomic E-state index is 12.1. The molecular weight excluding hydrogens is 352 g/mol. The van der Waals surface area contributed by atoms with Crippen LogP contribution in [-0.4, -0.2) is 42.2 Å². The molecule has 0 aliphatic carbocycles. The fraction of sp³-hybridized carbons (Fsp3) is 0.476. The number of nitrogens with one attached hydrogen (secondary N) is 3. The first-order valence-electron chi connectivity index (χ1n) is 9.98. The summed E-state index contributed by atoms with van der Waals surface area (Å²) in [7, 11) is 0. The monoisotopic (exact) mass is 382 g/mol. The number of hydrogen-bond acceptors (Lipinski definition) is 5. The third-order valence-electron chi connectivity index (χ3n) is 4.84. The molecule has 2 aromatic rings. The van der Waals surface area contributed by atoms with Crippen LogP contribution in [-0.2, 0) is 0 Å². The molecule has 0 spiro atoms. The van der Waals surface area contributed by atoms with E-state index in [0.29, 0.717) is 19.0 Å². The van der Waals surface area contributed by atoms with E-state index in [4.69, 9.17) is 0 Å². The SMILES string of the molecule is Cc1ccc(NC(=O)NCCNc2nc(C)cc(N3CCCCC3)n2)c(C)c1. The number of amides is 2. The van der Waals surface area contributed by atoms with Crippen molar-refractivity contribution in [3.8, 4) is 0 Å². The number of anilines is 3. The number of urea groups is 1. The second kappa shape index (κ2) is 9.39. The predicted octanol–water partition coefficient (Wildman–Crippen LogP) is 3.63. The molecule has 1 aliphatic heterocycles. The lowest BCUT2D eigenvalue weighted by molar-refractivity contribution is 0.252. The van der Waals surface area contributed by atoms with Gasteiger partial charge in [0, 0.05) is 43.6 Å². The Kier molecular flexibility index (Phi) is 6.68. The molecule has 28 heavy (non-hydrogen) atoms. The number of carbonyl (C=O) groups is 1. The van der Waals surface area contributed by atoms with E-state index in [1.54, 1.807) is 0 Å². The van der Waals surface area contributed by atoms with Gasteiger partial charge in [-0.15, -0.1) is 0 Å². The maximum atomic E-state index is 12.1. The first kappa shape index (κ1) is 19.9. The molecule has 150 valence electrons. The summed E-state index contributed by atoms with van der Waals surface area (Å²) in [5.74, 6) is 1.59. The number of nitrogens with zero attached hydrogens (tertiary/aromatic N) is 3. The normalized spacial score (nSPS) is 13.9. The lowest BCUT2D eigenvalue weighted by atomic mass is 10.1. The lowest BCUT2D eigenvalue weighted by Gasteiger charge is -2.28. The van der Waals surface area contributed by atoms with Crippen molar-refractivity contribution in [1.82, 2.24) is 15.3 Å². The second-order valence-electron chi connectivity index (χ2n) is 7.36. The molecule has 7 heteroatoms. The summed E-state index contributed by atoms with van der Waals surface area (Å²) in [5.41, 5.74) is 3.99. The van der Waals surface area contributed by atoms with Gasteiger partial charge in [-0.1, -0.05) is 17.7 Å². The van der Waals surface area contributed by atoms with Gasteiger partial charge in [0.15, 0.2) is 0 Å². The van der Waals surface area contributed by atoms with Crippen LogP contribution < -0.4 is 20.9 Å². The quantitative estimate of drug-likeness (QED) is 0.665. The van der Waals surface area contributed by atoms with E-state index < -0.39 is 0 Å². The van der Waals surface area contributed by atoms with E-state index in [-0.39, 0.29) is 6.03 Å². The molecule has 1 saturated heterocycles. The Labute approximate surface area is 167 Å². The summed E-state index contributed by atoms with van der Waals surface area (Å²) >= 11 is 0. The number of aromatic nitrogens is 2. The van der Waals surface area contributed by atoms with Crippen molar-refractivity contribution < 1.29 is 4.79 Å². The van der Waals surface area contributed by atoms with E-state index in [1.807, 2.05) is 45.0 Å². The lowest BCUT2D eigenvalue weighted by Crippen LogP contribution is -2.33. The first-order chi connectivity index (χ1) is 13.5. The van der Waals surface area contributed by atoms with Crippen LogP contribution >= 0.6 is 0 Å². The van der Waals surface area contributed by atoms with Gasteiger partial charge in [0.2, 0.25) is 5.95 Å². The standard InChI is InChI=1S/C21H30N6O/c1-15-7-8-18(16(2)13-15)25-21(28)23-10-9-22-20-24-17(3)14-19(26-20)27-11-5-4-6-12-27/h7-8,13-14H,4-6,9-12H2,1-3H3,(H,22,24,26)(H2,23,25,28). The Morgan fingerprint density at radius 1 is 1.04 bits per heavy atom. The van der Waals surface area contributed by atoms with Crippen LogP contribution in [0.3, 0.4) is 0 Å². The number of aryl methyl sites for hydroxylation is 3. The van der Waals surface area contributed by atoms with Crippen molar-refractivity contribution in [3.63, 3.8) is 0 Å². The van der Waals surface area contributed by atoms with Crippen LogP contribution in [0.4, 0.5) is 22.2 Å². The Balaban J connectivity index is 1.47. The van der Waals surface area contributed by atoms with E-state index in [2.05, 4.69) is 30.8 Å². The van der Waals surface area contributed by atoms with E-state index in [0.717, 1.165) is 35.9 Å². The minimum Gasteiger partial charge on any atom is -0.356 e. The Bertz CT molecular complexity index is 817. The number of hydrogen-bond donors (Lipinski definition) is 3. The molecule has 0 unspecified atom stereocenters. The van der Waals surface area contributed by atoms with Gasteiger partial charge in [-0.05, 0) is 51.7 Å². The fourth-order valence-electron chi connectivity index (χ4n) is 3.39. The van der Waals surface area contributed by atoms with Gasteiger partial charge in [-0.3, -0.25) is 0 Å². The molecule has 1 aliphatic rings. The van der Waals surface area contributed by atoms with Gasteiger partial charge in [-0.2, -0.15) is 4.98 Å². The topological polar surface area (TPSA) is 82.2 Å². The number of piperidine rings is 1. The maximum Gasteiger partial charge on any atom is 0.319 e. The van der Waals surface area contributed by atoms with Crippen molar-refractivity contribution in [2.24, 2.45) is 0 Å². The summed E-state index contributed by atoms with van der Waals surface area (Å²) < 4.78 is 0. The van der Waals surface area contributed by atoms with E-state index in [1.165, 1.54) is 24.8 Å². The summed E-state index contributed by atoms with van der Waals surface area (Å²) in [6.45, 7) is 9.14. The summed E-state index contributed by atoms with van der Waals surface area (Å²) in [6, 6.07) is 7.77. The van der Waals surface area contributed by atoms with E-state index in [9.17, 15) is 4.79 Å². The van der Waals surface area contributed by atoms with Crippen molar-refractivity contribution in [1.29, 1.82) is 0 Å². The molecule has 1 aromatic heterocycles. The number of rotatable bonds is 6. The van der Waals surface area contributed by atoms with Crippen LogP contribution in [0.15, 0.2) is 24.3 Å². The minimum absolute atomic E-state index is 0.215. The Hall–Kier alpha value is -2.83. The van der Waals surface area contributed by atoms with Crippen LogP contribution in [0.5, 0.6) is 0 Å². The fourth-order valence-corrected chi connectivity index (χ4v) is 3.39. The highest BCUT2D eigenvalue weighted by molar-refractivity contribution is 5.90. The summed E-state index contributed by atoms with van der Waals surface area (Å²) in [5, 5.41) is 8.95. The van der Waals surface area contributed by atoms with Crippen LogP contribution in [0.25, 0.3) is 0 Å². The van der Waals surface area contributed by atoms with Gasteiger partial charge in [0.1, 0.15) is 5.82 Å². The highest BCUT2D eigenvalue weighted by Gasteiger charge is 2.13. The van der Waals surface area contributed by atoms with Gasteiger partial charge >= 0.3 is 6.03 Å². The van der Waals surface area contributed by atoms with Crippen LogP contribution in [0.1, 0.15) is 36.1 Å². The van der Waals surface area contributed by atoms with E-state index >= 15 is 0 Å². The van der Waals surface area contributed by atoms with Crippen molar-refractivity contribution in [3.05, 3.63) is 41.1 Å². The predicted molar refractivity (Wildman–Crippen MR) is 114 cm³/mol. The molecule has 0 saturated carbocycles. The zero-order valence-corrected chi connectivity index (χ0v) is 17.0. The van der Waals surface area contributed by atoms with Crippen LogP contribution in [0, 0.1) is 20.8 Å². The molecule has 0 atom stereocenters. The highest BCUT2D eigenvalue weighted by Crippen LogP contribution is 2.19. The zero-order chi connectivity index (χ0) is 19.9. The minimum atomic E-state index is -0.215. The molecule has 1 aromatic carbocycles. The van der Waals surface area contributed by atoms with Gasteiger partial charge in [0.05, 0.1) is 0 Å². The Morgan fingerprint density at radius 2 is 1.82 bits per heavy atom. The smallest absolute Gasteiger partial charge is 0.319 e.